The van der Waals surface area contributed by atoms with Gasteiger partial charge in [-0.05, 0) is 48.0 Å². The van der Waals surface area contributed by atoms with Gasteiger partial charge in [-0.3, -0.25) is 4.79 Å². The van der Waals surface area contributed by atoms with Gasteiger partial charge in [0, 0.05) is 21.9 Å². The third-order valence-electron chi connectivity index (χ3n) is 4.65. The Labute approximate surface area is 177 Å². The number of thioether (sulfide) groups is 1. The van der Waals surface area contributed by atoms with E-state index in [1.807, 2.05) is 54.6 Å². The van der Waals surface area contributed by atoms with Gasteiger partial charge < -0.3 is 24.3 Å². The Morgan fingerprint density at radius 3 is 2.47 bits per heavy atom. The minimum atomic E-state index is -0.170. The summed E-state index contributed by atoms with van der Waals surface area (Å²) in [5.41, 5.74) is 1.67. The van der Waals surface area contributed by atoms with Crippen molar-refractivity contribution in [3.63, 3.8) is 0 Å². The first-order valence-electron chi connectivity index (χ1n) is 9.24. The topological polar surface area (TPSA) is 66.0 Å². The van der Waals surface area contributed by atoms with Crippen LogP contribution in [0.1, 0.15) is 5.56 Å². The Hall–Kier alpha value is -3.58. The Kier molecular flexibility index (Phi) is 4.72. The molecule has 0 fully saturated rings. The van der Waals surface area contributed by atoms with Gasteiger partial charge in [0.15, 0.2) is 11.5 Å². The lowest BCUT2D eigenvalue weighted by Gasteiger charge is -2.12. The molecule has 1 amide bonds. The zero-order valence-electron chi connectivity index (χ0n) is 16.0. The van der Waals surface area contributed by atoms with Crippen LogP contribution in [-0.2, 0) is 4.79 Å². The number of anilines is 1. The number of benzene rings is 3. The quantitative estimate of drug-likeness (QED) is 0.619. The van der Waals surface area contributed by atoms with Crippen molar-refractivity contribution in [3.05, 3.63) is 72.3 Å². The van der Waals surface area contributed by atoms with Gasteiger partial charge in [0.1, 0.15) is 17.2 Å². The average Bonchev–Trinajstić information content (AvgIpc) is 3.16. The molecule has 150 valence electrons. The highest BCUT2D eigenvalue weighted by Gasteiger charge is 2.18. The van der Waals surface area contributed by atoms with Crippen molar-refractivity contribution >= 4 is 28.3 Å². The normalized spacial score (nSPS) is 14.3. The maximum atomic E-state index is 12.4. The molecule has 6 nitrogen and oxygen atoms in total. The number of carbonyl (C=O) groups excluding carboxylic acids is 1. The molecule has 2 aliphatic heterocycles. The van der Waals surface area contributed by atoms with Crippen LogP contribution < -0.4 is 24.3 Å². The van der Waals surface area contributed by atoms with Gasteiger partial charge in [-0.1, -0.05) is 23.9 Å². The van der Waals surface area contributed by atoms with Crippen LogP contribution in [0, 0.1) is 0 Å². The van der Waals surface area contributed by atoms with Gasteiger partial charge in [-0.25, -0.2) is 0 Å². The zero-order chi connectivity index (χ0) is 20.5. The van der Waals surface area contributed by atoms with E-state index in [0.29, 0.717) is 23.0 Å². The van der Waals surface area contributed by atoms with E-state index in [-0.39, 0.29) is 12.7 Å². The van der Waals surface area contributed by atoms with E-state index >= 15 is 0 Å². The molecule has 0 radical (unpaired) electrons. The van der Waals surface area contributed by atoms with Crippen LogP contribution in [0.3, 0.4) is 0 Å². The van der Waals surface area contributed by atoms with Crippen molar-refractivity contribution in [1.29, 1.82) is 0 Å². The van der Waals surface area contributed by atoms with Crippen molar-refractivity contribution in [1.82, 2.24) is 0 Å². The number of ether oxygens (including phenoxy) is 4. The summed E-state index contributed by atoms with van der Waals surface area (Å²) in [7, 11) is 1.63. The maximum absolute atomic E-state index is 12.4. The molecule has 0 aromatic heterocycles. The second-order valence-electron chi connectivity index (χ2n) is 6.60. The Morgan fingerprint density at radius 2 is 1.63 bits per heavy atom. The zero-order valence-corrected chi connectivity index (χ0v) is 16.8. The van der Waals surface area contributed by atoms with E-state index in [9.17, 15) is 4.79 Å². The second kappa shape index (κ2) is 7.68. The molecule has 0 aliphatic carbocycles. The van der Waals surface area contributed by atoms with Gasteiger partial charge in [-0.15, -0.1) is 0 Å². The van der Waals surface area contributed by atoms with E-state index in [2.05, 4.69) is 5.32 Å². The molecule has 3 aromatic carbocycles. The molecule has 0 spiro atoms. The van der Waals surface area contributed by atoms with E-state index in [1.54, 1.807) is 19.3 Å². The van der Waals surface area contributed by atoms with Crippen LogP contribution in [0.15, 0.2) is 71.6 Å². The minimum Gasteiger partial charge on any atom is -0.497 e. The van der Waals surface area contributed by atoms with Gasteiger partial charge in [-0.2, -0.15) is 0 Å². The van der Waals surface area contributed by atoms with Crippen molar-refractivity contribution in [3.8, 4) is 28.7 Å². The number of nitrogens with one attached hydrogen (secondary N) is 1. The largest absolute Gasteiger partial charge is 0.497 e. The molecule has 0 unspecified atom stereocenters. The molecule has 5 rings (SSSR count). The van der Waals surface area contributed by atoms with E-state index in [4.69, 9.17) is 18.9 Å². The summed E-state index contributed by atoms with van der Waals surface area (Å²) in [6.45, 7) is 0.217. The summed E-state index contributed by atoms with van der Waals surface area (Å²) in [6, 6.07) is 18.6. The number of fused-ring (bicyclic) bond motifs is 2. The van der Waals surface area contributed by atoms with Gasteiger partial charge >= 0.3 is 0 Å². The molecule has 0 saturated heterocycles. The van der Waals surface area contributed by atoms with Crippen LogP contribution in [-0.4, -0.2) is 19.8 Å². The highest BCUT2D eigenvalue weighted by atomic mass is 32.2. The first kappa shape index (κ1) is 18.4. The van der Waals surface area contributed by atoms with Gasteiger partial charge in [0.2, 0.25) is 12.7 Å². The molecule has 0 atom stereocenters. The summed E-state index contributed by atoms with van der Waals surface area (Å²) in [6.07, 6.45) is 1.60. The Morgan fingerprint density at radius 1 is 0.900 bits per heavy atom. The maximum Gasteiger partial charge on any atom is 0.249 e. The Balaban J connectivity index is 1.42. The molecule has 0 saturated carbocycles. The lowest BCUT2D eigenvalue weighted by molar-refractivity contribution is -0.111. The average molecular weight is 419 g/mol. The summed E-state index contributed by atoms with van der Waals surface area (Å²) in [4.78, 5) is 14.1. The molecule has 2 aliphatic rings. The third kappa shape index (κ3) is 3.67. The van der Waals surface area contributed by atoms with E-state index < -0.39 is 0 Å². The van der Waals surface area contributed by atoms with E-state index in [0.717, 1.165) is 26.8 Å². The minimum absolute atomic E-state index is 0.170. The Bertz CT molecular complexity index is 1160. The van der Waals surface area contributed by atoms with Crippen LogP contribution in [0.25, 0.3) is 4.91 Å². The van der Waals surface area contributed by atoms with Crippen molar-refractivity contribution in [2.24, 2.45) is 0 Å². The van der Waals surface area contributed by atoms with Crippen LogP contribution in [0.4, 0.5) is 5.69 Å². The van der Waals surface area contributed by atoms with Crippen LogP contribution >= 0.6 is 11.8 Å². The fourth-order valence-corrected chi connectivity index (χ4v) is 4.22. The molecular weight excluding hydrogens is 402 g/mol. The lowest BCUT2D eigenvalue weighted by Crippen LogP contribution is -2.07. The summed E-state index contributed by atoms with van der Waals surface area (Å²) in [5.74, 6) is 3.27. The molecule has 1 N–H and O–H groups in total. The monoisotopic (exact) mass is 419 g/mol. The molecule has 3 aromatic rings. The van der Waals surface area contributed by atoms with Crippen molar-refractivity contribution < 1.29 is 23.7 Å². The third-order valence-corrected chi connectivity index (χ3v) is 5.78. The smallest absolute Gasteiger partial charge is 0.249 e. The molecular formula is C23H17NO5S. The summed E-state index contributed by atoms with van der Waals surface area (Å²) >= 11 is 1.51. The number of hydrogen-bond acceptors (Lipinski definition) is 6. The second-order valence-corrected chi connectivity index (χ2v) is 7.69. The van der Waals surface area contributed by atoms with Crippen LogP contribution in [0.5, 0.6) is 28.7 Å². The first-order valence-corrected chi connectivity index (χ1v) is 10.1. The molecule has 7 heteroatoms. The predicted molar refractivity (Wildman–Crippen MR) is 115 cm³/mol. The van der Waals surface area contributed by atoms with Crippen molar-refractivity contribution in [2.75, 3.05) is 19.2 Å². The predicted octanol–water partition coefficient (Wildman–Crippen LogP) is 5.30. The number of rotatable bonds is 4. The van der Waals surface area contributed by atoms with Crippen LogP contribution in [0.2, 0.25) is 0 Å². The SMILES string of the molecule is COc1ccc(C2=CC(=O)Nc3ccc(Oc4ccc5c(c4)OCO5)cc3S2)cc1. The first-order chi connectivity index (χ1) is 14.7. The fraction of sp³-hybridized carbons (Fsp3) is 0.0870. The lowest BCUT2D eigenvalue weighted by atomic mass is 10.2. The highest BCUT2D eigenvalue weighted by molar-refractivity contribution is 8.08. The highest BCUT2D eigenvalue weighted by Crippen LogP contribution is 2.43. The number of carbonyl (C=O) groups is 1. The number of amides is 1. The summed E-state index contributed by atoms with van der Waals surface area (Å²) < 4.78 is 22.0. The van der Waals surface area contributed by atoms with Crippen molar-refractivity contribution in [2.45, 2.75) is 4.90 Å². The van der Waals surface area contributed by atoms with Gasteiger partial charge in [0.05, 0.1) is 12.8 Å². The number of hydrogen-bond donors (Lipinski definition) is 1. The molecule has 30 heavy (non-hydrogen) atoms. The number of methoxy groups -OCH3 is 1. The molecule has 2 heterocycles. The van der Waals surface area contributed by atoms with Gasteiger partial charge in [0.25, 0.3) is 0 Å². The fourth-order valence-electron chi connectivity index (χ4n) is 3.16. The summed E-state index contributed by atoms with van der Waals surface area (Å²) in [5, 5.41) is 2.92. The van der Waals surface area contributed by atoms with E-state index in [1.165, 1.54) is 11.8 Å². The standard InChI is InChI=1S/C23H17NO5S/c1-26-15-4-2-14(3-5-15)21-12-23(25)24-18-8-6-17(11-22(18)30-21)29-16-7-9-19-20(10-16)28-13-27-19/h2-12H,13H2,1H3,(H,24,25). The molecule has 0 bridgehead atoms.